The van der Waals surface area contributed by atoms with Gasteiger partial charge in [0.15, 0.2) is 0 Å². The highest BCUT2D eigenvalue weighted by Gasteiger charge is 2.09. The average molecular weight is 274 g/mol. The van der Waals surface area contributed by atoms with Crippen molar-refractivity contribution in [3.63, 3.8) is 0 Å². The van der Waals surface area contributed by atoms with E-state index < -0.39 is 4.92 Å². The van der Waals surface area contributed by atoms with Crippen LogP contribution in [0.5, 0.6) is 11.5 Å². The first-order chi connectivity index (χ1) is 9.58. The molecule has 0 heterocycles. The smallest absolute Gasteiger partial charge is 0.275 e. The predicted octanol–water partition coefficient (Wildman–Crippen LogP) is 2.76. The van der Waals surface area contributed by atoms with Gasteiger partial charge >= 0.3 is 0 Å². The van der Waals surface area contributed by atoms with Gasteiger partial charge < -0.3 is 15.2 Å². The summed E-state index contributed by atoms with van der Waals surface area (Å²) in [5.74, 6) is 1.09. The van der Waals surface area contributed by atoms with Crippen molar-refractivity contribution in [1.29, 1.82) is 0 Å². The maximum atomic E-state index is 10.7. The fourth-order valence-electron chi connectivity index (χ4n) is 1.72. The fraction of sp³-hybridized carbons (Fsp3) is 0.143. The predicted molar refractivity (Wildman–Crippen MR) is 74.8 cm³/mol. The summed E-state index contributed by atoms with van der Waals surface area (Å²) in [6, 6.07) is 11.6. The van der Waals surface area contributed by atoms with Gasteiger partial charge in [-0.1, -0.05) is 12.1 Å². The van der Waals surface area contributed by atoms with E-state index in [0.717, 1.165) is 11.3 Å². The van der Waals surface area contributed by atoms with Crippen molar-refractivity contribution >= 4 is 11.4 Å². The van der Waals surface area contributed by atoms with E-state index in [1.165, 1.54) is 12.1 Å². The number of nitrogens with zero attached hydrogens (tertiary/aromatic N) is 1. The Hall–Kier alpha value is -2.76. The van der Waals surface area contributed by atoms with Crippen LogP contribution in [-0.4, -0.2) is 12.0 Å². The van der Waals surface area contributed by atoms with E-state index in [2.05, 4.69) is 0 Å². The minimum atomic E-state index is -0.505. The summed E-state index contributed by atoms with van der Waals surface area (Å²) in [5.41, 5.74) is 6.70. The number of hydrogen-bond acceptors (Lipinski definition) is 5. The maximum Gasteiger partial charge on any atom is 0.275 e. The molecule has 20 heavy (non-hydrogen) atoms. The van der Waals surface area contributed by atoms with Gasteiger partial charge in [0.1, 0.15) is 18.1 Å². The second-order valence-corrected chi connectivity index (χ2v) is 4.16. The molecule has 0 saturated heterocycles. The summed E-state index contributed by atoms with van der Waals surface area (Å²) in [6.45, 7) is 0.276. The Balaban J connectivity index is 2.12. The van der Waals surface area contributed by atoms with Crippen molar-refractivity contribution in [3.05, 3.63) is 58.1 Å². The molecule has 0 aliphatic rings. The molecule has 0 saturated carbocycles. The summed E-state index contributed by atoms with van der Waals surface area (Å²) in [5, 5.41) is 10.7. The molecule has 2 aromatic rings. The van der Waals surface area contributed by atoms with Crippen LogP contribution in [0, 0.1) is 10.1 Å². The maximum absolute atomic E-state index is 10.7. The molecule has 2 N–H and O–H groups in total. The average Bonchev–Trinajstić information content (AvgIpc) is 2.44. The molecular formula is C14H14N2O4. The number of hydrogen-bond donors (Lipinski definition) is 1. The molecule has 2 aromatic carbocycles. The second-order valence-electron chi connectivity index (χ2n) is 4.16. The largest absolute Gasteiger partial charge is 0.497 e. The van der Waals surface area contributed by atoms with Crippen LogP contribution in [0.4, 0.5) is 11.4 Å². The zero-order valence-corrected chi connectivity index (χ0v) is 10.9. The number of anilines is 1. The third kappa shape index (κ3) is 3.38. The number of non-ortho nitro benzene ring substituents is 1. The lowest BCUT2D eigenvalue weighted by Gasteiger charge is -2.08. The van der Waals surface area contributed by atoms with Crippen LogP contribution in [-0.2, 0) is 6.61 Å². The van der Waals surface area contributed by atoms with Crippen molar-refractivity contribution < 1.29 is 14.4 Å². The van der Waals surface area contributed by atoms with E-state index in [-0.39, 0.29) is 12.3 Å². The summed E-state index contributed by atoms with van der Waals surface area (Å²) in [4.78, 5) is 10.2. The first kappa shape index (κ1) is 13.7. The van der Waals surface area contributed by atoms with Crippen LogP contribution in [0.15, 0.2) is 42.5 Å². The quantitative estimate of drug-likeness (QED) is 0.514. The molecule has 0 aliphatic heterocycles. The topological polar surface area (TPSA) is 87.6 Å². The van der Waals surface area contributed by atoms with Crippen molar-refractivity contribution in [2.45, 2.75) is 6.61 Å². The van der Waals surface area contributed by atoms with Gasteiger partial charge in [-0.3, -0.25) is 10.1 Å². The number of nitro benzene ring substituents is 1. The van der Waals surface area contributed by atoms with Crippen molar-refractivity contribution in [3.8, 4) is 11.5 Å². The summed E-state index contributed by atoms with van der Waals surface area (Å²) >= 11 is 0. The molecular weight excluding hydrogens is 260 g/mol. The van der Waals surface area contributed by atoms with Crippen LogP contribution >= 0.6 is 0 Å². The standard InChI is InChI=1S/C14H14N2O4/c1-19-13-4-2-3-10(5-13)9-20-14-7-11(15)6-12(8-14)16(17)18/h2-8H,9,15H2,1H3. The van der Waals surface area contributed by atoms with Crippen LogP contribution in [0.1, 0.15) is 5.56 Å². The van der Waals surface area contributed by atoms with Gasteiger partial charge in [0, 0.05) is 17.8 Å². The molecule has 6 heteroatoms. The van der Waals surface area contributed by atoms with Crippen LogP contribution < -0.4 is 15.2 Å². The lowest BCUT2D eigenvalue weighted by atomic mass is 10.2. The van der Waals surface area contributed by atoms with Crippen LogP contribution in [0.25, 0.3) is 0 Å². The molecule has 0 fully saturated rings. The molecule has 0 atom stereocenters. The summed E-state index contributed by atoms with van der Waals surface area (Å²) in [6.07, 6.45) is 0. The molecule has 0 unspecified atom stereocenters. The van der Waals surface area contributed by atoms with E-state index in [4.69, 9.17) is 15.2 Å². The summed E-state index contributed by atoms with van der Waals surface area (Å²) in [7, 11) is 1.58. The van der Waals surface area contributed by atoms with Gasteiger partial charge in [-0.15, -0.1) is 0 Å². The highest BCUT2D eigenvalue weighted by atomic mass is 16.6. The lowest BCUT2D eigenvalue weighted by molar-refractivity contribution is -0.384. The molecule has 0 amide bonds. The normalized spacial score (nSPS) is 10.1. The zero-order chi connectivity index (χ0) is 14.5. The van der Waals surface area contributed by atoms with E-state index in [0.29, 0.717) is 11.4 Å². The summed E-state index contributed by atoms with van der Waals surface area (Å²) < 4.78 is 10.6. The third-order valence-corrected chi connectivity index (χ3v) is 2.66. The second kappa shape index (κ2) is 5.92. The van der Waals surface area contributed by atoms with E-state index in [1.54, 1.807) is 13.2 Å². The molecule has 104 valence electrons. The minimum Gasteiger partial charge on any atom is -0.497 e. The Kier molecular flexibility index (Phi) is 4.05. The Morgan fingerprint density at radius 1 is 1.20 bits per heavy atom. The molecule has 2 rings (SSSR count). The van der Waals surface area contributed by atoms with Gasteiger partial charge in [0.2, 0.25) is 0 Å². The Labute approximate surface area is 115 Å². The first-order valence-electron chi connectivity index (χ1n) is 5.89. The van der Waals surface area contributed by atoms with Gasteiger partial charge in [-0.2, -0.15) is 0 Å². The molecule has 0 aromatic heterocycles. The number of nitrogens with two attached hydrogens (primary N) is 1. The van der Waals surface area contributed by atoms with E-state index in [1.807, 2.05) is 24.3 Å². The third-order valence-electron chi connectivity index (χ3n) is 2.66. The monoisotopic (exact) mass is 274 g/mol. The molecule has 6 nitrogen and oxygen atoms in total. The van der Waals surface area contributed by atoms with E-state index in [9.17, 15) is 10.1 Å². The number of ether oxygens (including phenoxy) is 2. The number of nitrogen functional groups attached to an aromatic ring is 1. The fourth-order valence-corrected chi connectivity index (χ4v) is 1.72. The van der Waals surface area contributed by atoms with Gasteiger partial charge in [0.05, 0.1) is 18.1 Å². The molecule has 0 bridgehead atoms. The Morgan fingerprint density at radius 2 is 2.00 bits per heavy atom. The lowest BCUT2D eigenvalue weighted by Crippen LogP contribution is -1.98. The van der Waals surface area contributed by atoms with Crippen LogP contribution in [0.2, 0.25) is 0 Å². The highest BCUT2D eigenvalue weighted by molar-refractivity contribution is 5.53. The van der Waals surface area contributed by atoms with Gasteiger partial charge in [-0.25, -0.2) is 0 Å². The highest BCUT2D eigenvalue weighted by Crippen LogP contribution is 2.25. The SMILES string of the molecule is COc1cccc(COc2cc(N)cc([N+](=O)[O-])c2)c1. The number of methoxy groups -OCH3 is 1. The van der Waals surface area contributed by atoms with Gasteiger partial charge in [0.25, 0.3) is 5.69 Å². The molecule has 0 aliphatic carbocycles. The van der Waals surface area contributed by atoms with Crippen molar-refractivity contribution in [2.75, 3.05) is 12.8 Å². The molecule has 0 radical (unpaired) electrons. The molecule has 0 spiro atoms. The first-order valence-corrected chi connectivity index (χ1v) is 5.89. The minimum absolute atomic E-state index is 0.0920. The number of nitro groups is 1. The van der Waals surface area contributed by atoms with Crippen molar-refractivity contribution in [2.24, 2.45) is 0 Å². The Morgan fingerprint density at radius 3 is 2.70 bits per heavy atom. The Bertz CT molecular complexity index is 628. The van der Waals surface area contributed by atoms with Crippen molar-refractivity contribution in [1.82, 2.24) is 0 Å². The van der Waals surface area contributed by atoms with Crippen LogP contribution in [0.3, 0.4) is 0 Å². The zero-order valence-electron chi connectivity index (χ0n) is 10.9. The van der Waals surface area contributed by atoms with Gasteiger partial charge in [-0.05, 0) is 17.7 Å². The number of rotatable bonds is 5. The van der Waals surface area contributed by atoms with E-state index >= 15 is 0 Å². The number of benzene rings is 2.